The van der Waals surface area contributed by atoms with E-state index in [9.17, 15) is 0 Å². The first-order chi connectivity index (χ1) is 47.4. The Bertz CT molecular complexity index is 6080. The summed E-state index contributed by atoms with van der Waals surface area (Å²) in [5.74, 6) is 0.386. The Morgan fingerprint density at radius 1 is 0.392 bits per heavy atom. The molecule has 3 heteroatoms. The summed E-state index contributed by atoms with van der Waals surface area (Å²) in [4.78, 5) is 0. The molecule has 3 nitrogen and oxygen atoms in total. The molecule has 0 bridgehead atoms. The third-order valence-electron chi connectivity index (χ3n) is 23.5. The van der Waals surface area contributed by atoms with Crippen LogP contribution in [0.4, 0.5) is 0 Å². The highest BCUT2D eigenvalue weighted by Gasteiger charge is 2.44. The van der Waals surface area contributed by atoms with Crippen LogP contribution in [0.3, 0.4) is 0 Å². The second kappa shape index (κ2) is 20.5. The van der Waals surface area contributed by atoms with Gasteiger partial charge in [-0.15, -0.1) is 0 Å². The smallest absolute Gasteiger partial charge is 0.0646 e. The first-order valence-electron chi connectivity index (χ1n) is 35.1. The standard InChI is InChI=1S/C94H73N3/c1-57-21-20-34-88-89(57)78-54-63(40-48-87(78)97(88)94(6)50-49-69-67-25-15-18-32-80(67)93(4,5)82(69)56-94)62-39-47-86-77(53-62)76-52-61(60-37-45-84-75(51-60)70-26-16-19-33-83(70)96(84)65-43-44-68-66-24-14-17-31-79(66)92(2,3)81(68)55-65)38-46-85(76)95(86)64-41-35-59(36-42-64)91-73-29-12-10-27-71(73)90(58-22-8-7-9-23-58)72-28-11-13-30-74(72)91/h7-10,12-20,22-27,29-49,51-57H,11,21,28,50H2,1-6H3. The normalized spacial score (nSPS) is 17.8. The lowest BCUT2D eigenvalue weighted by Gasteiger charge is -2.37. The van der Waals surface area contributed by atoms with Crippen molar-refractivity contribution >= 4 is 83.0 Å². The Morgan fingerprint density at radius 2 is 0.918 bits per heavy atom. The van der Waals surface area contributed by atoms with Crippen LogP contribution >= 0.6 is 0 Å². The zero-order valence-electron chi connectivity index (χ0n) is 55.8. The molecule has 0 N–H and O–H groups in total. The fraction of sp³-hybridized carbons (Fsp3) is 0.149. The minimum atomic E-state index is -0.254. The van der Waals surface area contributed by atoms with Gasteiger partial charge in [-0.25, -0.2) is 0 Å². The third-order valence-corrected chi connectivity index (χ3v) is 23.5. The molecule has 12 aromatic carbocycles. The van der Waals surface area contributed by atoms with Crippen LogP contribution < -0.4 is 0 Å². The van der Waals surface area contributed by atoms with Crippen molar-refractivity contribution in [1.29, 1.82) is 0 Å². The van der Waals surface area contributed by atoms with E-state index >= 15 is 0 Å². The van der Waals surface area contributed by atoms with Gasteiger partial charge in [0.15, 0.2) is 0 Å². The second-order valence-electron chi connectivity index (χ2n) is 29.6. The Hall–Kier alpha value is -11.0. The van der Waals surface area contributed by atoms with E-state index in [1.54, 1.807) is 0 Å². The van der Waals surface area contributed by atoms with E-state index in [0.29, 0.717) is 5.92 Å². The highest BCUT2D eigenvalue weighted by atomic mass is 15.1. The molecule has 97 heavy (non-hydrogen) atoms. The van der Waals surface area contributed by atoms with Crippen LogP contribution in [0.5, 0.6) is 0 Å². The van der Waals surface area contributed by atoms with E-state index in [4.69, 9.17) is 0 Å². The van der Waals surface area contributed by atoms with Gasteiger partial charge in [-0.1, -0.05) is 229 Å². The molecule has 15 aromatic rings. The lowest BCUT2D eigenvalue weighted by Crippen LogP contribution is -2.32. The number of benzene rings is 12. The number of allylic oxidation sites excluding steroid dienone is 6. The van der Waals surface area contributed by atoms with Crippen LogP contribution in [-0.2, 0) is 22.8 Å². The maximum absolute atomic E-state index is 2.70. The van der Waals surface area contributed by atoms with Gasteiger partial charge in [0, 0.05) is 60.3 Å². The van der Waals surface area contributed by atoms with Crippen LogP contribution in [0.1, 0.15) is 111 Å². The molecule has 5 aliphatic rings. The number of hydrogen-bond acceptors (Lipinski definition) is 0. The molecular weight excluding hydrogens is 1170 g/mol. The molecule has 2 atom stereocenters. The van der Waals surface area contributed by atoms with Crippen molar-refractivity contribution in [3.63, 3.8) is 0 Å². The average Bonchev–Trinajstić information content (AvgIpc) is 1.57. The lowest BCUT2D eigenvalue weighted by atomic mass is 9.76. The fourth-order valence-electron chi connectivity index (χ4n) is 18.8. The molecule has 3 aromatic heterocycles. The maximum atomic E-state index is 2.70. The van der Waals surface area contributed by atoms with Crippen molar-refractivity contribution in [3.8, 4) is 67.0 Å². The van der Waals surface area contributed by atoms with Crippen LogP contribution in [0.2, 0.25) is 0 Å². The van der Waals surface area contributed by atoms with Crippen LogP contribution in [0.25, 0.3) is 150 Å². The summed E-state index contributed by atoms with van der Waals surface area (Å²) >= 11 is 0. The molecule has 0 radical (unpaired) electrons. The third kappa shape index (κ3) is 8.03. The van der Waals surface area contributed by atoms with Crippen LogP contribution in [-0.4, -0.2) is 13.7 Å². The van der Waals surface area contributed by atoms with Gasteiger partial charge < -0.3 is 13.7 Å². The Morgan fingerprint density at radius 3 is 1.62 bits per heavy atom. The summed E-state index contributed by atoms with van der Waals surface area (Å²) in [6, 6.07) is 92.7. The van der Waals surface area contributed by atoms with Crippen LogP contribution in [0.15, 0.2) is 273 Å². The fourth-order valence-corrected chi connectivity index (χ4v) is 18.8. The SMILES string of the molecule is CC1CC=Cc2c1c1cc(-c3ccc4c(c3)c3cc(-c5ccc6c(c5)c5ccccc5n6-c5ccc6c(c5)C(C)(C)c5ccccc5-6)ccc3n4-c3ccc(-c4c5c(c(-c6ccccc6)c6ccccc46)CCC=C5)cc3)ccc1n2C1(C)C=C2C(=CC1)c1ccccc1C2(C)C. The average molecular weight is 1240 g/mol. The maximum Gasteiger partial charge on any atom is 0.0646 e. The van der Waals surface area contributed by atoms with E-state index in [0.717, 1.165) is 31.4 Å². The van der Waals surface area contributed by atoms with Gasteiger partial charge in [0.05, 0.1) is 27.6 Å². The van der Waals surface area contributed by atoms with Gasteiger partial charge in [-0.3, -0.25) is 0 Å². The van der Waals surface area contributed by atoms with E-state index in [1.807, 2.05) is 0 Å². The Balaban J connectivity index is 0.745. The van der Waals surface area contributed by atoms with Gasteiger partial charge in [-0.05, 0) is 240 Å². The molecule has 5 aliphatic carbocycles. The molecule has 464 valence electrons. The highest BCUT2D eigenvalue weighted by Crippen LogP contribution is 2.56. The molecule has 0 saturated carbocycles. The summed E-state index contributed by atoms with van der Waals surface area (Å²) in [7, 11) is 0. The number of nitrogens with zero attached hydrogens (tertiary/aromatic N) is 3. The topological polar surface area (TPSA) is 14.8 Å². The summed E-state index contributed by atoms with van der Waals surface area (Å²) in [6.45, 7) is 14.5. The summed E-state index contributed by atoms with van der Waals surface area (Å²) < 4.78 is 7.70. The predicted molar refractivity (Wildman–Crippen MR) is 411 cm³/mol. The Kier molecular flexibility index (Phi) is 11.9. The predicted octanol–water partition coefficient (Wildman–Crippen LogP) is 24.9. The monoisotopic (exact) mass is 1240 g/mol. The zero-order chi connectivity index (χ0) is 64.8. The molecule has 0 amide bonds. The molecular formula is C94H73N3. The summed E-state index contributed by atoms with van der Waals surface area (Å²) in [5.41, 5.74) is 34.8. The molecule has 0 aliphatic heterocycles. The molecule has 0 saturated heterocycles. The zero-order valence-corrected chi connectivity index (χ0v) is 55.8. The number of aromatic nitrogens is 3. The van der Waals surface area contributed by atoms with Gasteiger partial charge >= 0.3 is 0 Å². The van der Waals surface area contributed by atoms with Crippen molar-refractivity contribution in [1.82, 2.24) is 13.7 Å². The minimum absolute atomic E-state index is 0.0804. The lowest BCUT2D eigenvalue weighted by molar-refractivity contribution is 0.414. The largest absolute Gasteiger partial charge is 0.331 e. The summed E-state index contributed by atoms with van der Waals surface area (Å²) in [6.07, 6.45) is 18.8. The van der Waals surface area contributed by atoms with Crippen molar-refractivity contribution in [2.24, 2.45) is 0 Å². The minimum Gasteiger partial charge on any atom is -0.331 e. The quantitative estimate of drug-likeness (QED) is 0.151. The molecule has 0 spiro atoms. The number of para-hydroxylation sites is 1. The molecule has 2 unspecified atom stereocenters. The second-order valence-corrected chi connectivity index (χ2v) is 29.6. The van der Waals surface area contributed by atoms with E-state index in [1.165, 1.54) is 182 Å². The van der Waals surface area contributed by atoms with Crippen molar-refractivity contribution < 1.29 is 0 Å². The van der Waals surface area contributed by atoms with Crippen molar-refractivity contribution in [2.45, 2.75) is 89.5 Å². The highest BCUT2D eigenvalue weighted by molar-refractivity contribution is 6.15. The van der Waals surface area contributed by atoms with E-state index < -0.39 is 0 Å². The Labute approximate surface area is 566 Å². The van der Waals surface area contributed by atoms with Gasteiger partial charge in [0.25, 0.3) is 0 Å². The van der Waals surface area contributed by atoms with Crippen molar-refractivity contribution in [2.75, 3.05) is 0 Å². The van der Waals surface area contributed by atoms with Gasteiger partial charge in [-0.2, -0.15) is 0 Å². The number of fused-ring (bicyclic) bond motifs is 17. The molecule has 3 heterocycles. The molecule has 20 rings (SSSR count). The van der Waals surface area contributed by atoms with E-state index in [2.05, 4.69) is 334 Å². The van der Waals surface area contributed by atoms with Gasteiger partial charge in [0.2, 0.25) is 0 Å². The first-order valence-corrected chi connectivity index (χ1v) is 35.1. The van der Waals surface area contributed by atoms with Gasteiger partial charge in [0.1, 0.15) is 0 Å². The summed E-state index contributed by atoms with van der Waals surface area (Å²) in [5, 5.41) is 8.93. The first kappa shape index (κ1) is 56.4. The molecule has 0 fully saturated rings. The van der Waals surface area contributed by atoms with E-state index in [-0.39, 0.29) is 16.4 Å². The van der Waals surface area contributed by atoms with Crippen LogP contribution in [0, 0.1) is 0 Å². The number of rotatable bonds is 7. The number of hydrogen-bond donors (Lipinski definition) is 0. The van der Waals surface area contributed by atoms with Crippen molar-refractivity contribution in [3.05, 3.63) is 317 Å².